The first-order valence-electron chi connectivity index (χ1n) is 35.2. The molecular weight excluding hydrogens is 1160 g/mol. The van der Waals surface area contributed by atoms with Crippen LogP contribution in [0.15, 0.2) is 24.3 Å². The Morgan fingerprint density at radius 2 is 0.670 bits per heavy atom. The van der Waals surface area contributed by atoms with E-state index in [1.165, 1.54) is 109 Å². The summed E-state index contributed by atoms with van der Waals surface area (Å²) in [6.45, 7) is 11.6. The van der Waals surface area contributed by atoms with E-state index in [-0.39, 0.29) is 25.7 Å². The molecule has 0 aromatic rings. The zero-order chi connectivity index (χ0) is 65.2. The fourth-order valence-corrected chi connectivity index (χ4v) is 11.4. The molecule has 17 nitrogen and oxygen atoms in total. The fourth-order valence-electron chi connectivity index (χ4n) is 9.79. The number of hydrogen-bond acceptors (Lipinski definition) is 15. The second-order valence-corrected chi connectivity index (χ2v) is 28.3. The largest absolute Gasteiger partial charge is 0.472 e. The van der Waals surface area contributed by atoms with Gasteiger partial charge in [-0.05, 0) is 69.1 Å². The Hall–Kier alpha value is -2.46. The number of unbranched alkanes of at least 4 members (excludes halogenated alkanes) is 29. The Labute approximate surface area is 535 Å². The molecule has 0 aromatic carbocycles. The van der Waals surface area contributed by atoms with E-state index in [0.29, 0.717) is 31.6 Å². The molecule has 0 saturated carbocycles. The summed E-state index contributed by atoms with van der Waals surface area (Å²) in [4.78, 5) is 72.4. The summed E-state index contributed by atoms with van der Waals surface area (Å²) in [5.74, 6) is 0.00116. The molecule has 0 rings (SSSR count). The Morgan fingerprint density at radius 1 is 0.375 bits per heavy atom. The topological polar surface area (TPSA) is 237 Å². The van der Waals surface area contributed by atoms with Crippen LogP contribution in [0.3, 0.4) is 0 Å². The number of phosphoric acid groups is 2. The van der Waals surface area contributed by atoms with Crippen LogP contribution in [0.4, 0.5) is 0 Å². The number of rotatable bonds is 65. The zero-order valence-electron chi connectivity index (χ0n) is 56.7. The van der Waals surface area contributed by atoms with E-state index in [1.807, 2.05) is 0 Å². The van der Waals surface area contributed by atoms with Crippen molar-refractivity contribution < 1.29 is 80.2 Å². The first-order chi connectivity index (χ1) is 42.3. The van der Waals surface area contributed by atoms with Gasteiger partial charge < -0.3 is 33.8 Å². The molecule has 0 fully saturated rings. The molecule has 0 aliphatic rings. The third-order valence-electron chi connectivity index (χ3n) is 15.6. The lowest BCUT2D eigenvalue weighted by Crippen LogP contribution is -2.30. The van der Waals surface area contributed by atoms with Gasteiger partial charge in [-0.3, -0.25) is 37.3 Å². The second kappa shape index (κ2) is 59.5. The molecular formula is C69H130O17P2. The monoisotopic (exact) mass is 1290 g/mol. The molecule has 0 bridgehead atoms. The van der Waals surface area contributed by atoms with Gasteiger partial charge >= 0.3 is 39.5 Å². The number of ether oxygens (including phenoxy) is 4. The van der Waals surface area contributed by atoms with Gasteiger partial charge in [0.1, 0.15) is 19.3 Å². The Morgan fingerprint density at radius 3 is 1.01 bits per heavy atom. The quantitative estimate of drug-likeness (QED) is 0.0169. The van der Waals surface area contributed by atoms with E-state index in [1.54, 1.807) is 0 Å². The zero-order valence-corrected chi connectivity index (χ0v) is 58.5. The summed E-state index contributed by atoms with van der Waals surface area (Å²) in [5, 5.41) is 10.6. The van der Waals surface area contributed by atoms with E-state index in [0.717, 1.165) is 121 Å². The van der Waals surface area contributed by atoms with Gasteiger partial charge in [0.15, 0.2) is 12.2 Å². The maximum atomic E-state index is 13.0. The number of esters is 4. The lowest BCUT2D eigenvalue weighted by atomic mass is 10.00. The van der Waals surface area contributed by atoms with Gasteiger partial charge in [0.05, 0.1) is 26.4 Å². The summed E-state index contributed by atoms with van der Waals surface area (Å²) in [6, 6.07) is 0. The molecule has 518 valence electrons. The lowest BCUT2D eigenvalue weighted by molar-refractivity contribution is -0.161. The number of hydrogen-bond donors (Lipinski definition) is 3. The molecule has 0 radical (unpaired) electrons. The van der Waals surface area contributed by atoms with E-state index in [4.69, 9.17) is 37.0 Å². The highest BCUT2D eigenvalue weighted by atomic mass is 31.2. The lowest BCUT2D eigenvalue weighted by Gasteiger charge is -2.21. The van der Waals surface area contributed by atoms with Crippen molar-refractivity contribution in [3.63, 3.8) is 0 Å². The van der Waals surface area contributed by atoms with Crippen molar-refractivity contribution in [3.8, 4) is 0 Å². The number of carbonyl (C=O) groups excluding carboxylic acids is 4. The molecule has 0 amide bonds. The first-order valence-corrected chi connectivity index (χ1v) is 38.2. The van der Waals surface area contributed by atoms with Crippen molar-refractivity contribution in [2.24, 2.45) is 17.8 Å². The maximum Gasteiger partial charge on any atom is 0.472 e. The van der Waals surface area contributed by atoms with Crippen molar-refractivity contribution >= 4 is 39.5 Å². The minimum Gasteiger partial charge on any atom is -0.462 e. The minimum absolute atomic E-state index is 0.0842. The molecule has 0 saturated heterocycles. The van der Waals surface area contributed by atoms with Gasteiger partial charge in [-0.15, -0.1) is 0 Å². The van der Waals surface area contributed by atoms with Gasteiger partial charge in [0.25, 0.3) is 0 Å². The van der Waals surface area contributed by atoms with Gasteiger partial charge in [-0.1, -0.05) is 265 Å². The summed E-state index contributed by atoms with van der Waals surface area (Å²) in [6.07, 6.45) is 45.5. The third-order valence-corrected chi connectivity index (χ3v) is 17.5. The van der Waals surface area contributed by atoms with Crippen molar-refractivity contribution in [3.05, 3.63) is 24.3 Å². The van der Waals surface area contributed by atoms with Crippen LogP contribution in [0.1, 0.15) is 318 Å². The van der Waals surface area contributed by atoms with Crippen LogP contribution in [-0.4, -0.2) is 96.7 Å². The Balaban J connectivity index is 5.28. The highest BCUT2D eigenvalue weighted by Gasteiger charge is 2.30. The van der Waals surface area contributed by atoms with Crippen LogP contribution in [0.25, 0.3) is 0 Å². The molecule has 0 spiro atoms. The highest BCUT2D eigenvalue weighted by molar-refractivity contribution is 7.47. The number of carbonyl (C=O) groups is 4. The summed E-state index contributed by atoms with van der Waals surface area (Å²) < 4.78 is 68.1. The summed E-state index contributed by atoms with van der Waals surface area (Å²) in [7, 11) is -9.91. The van der Waals surface area contributed by atoms with Crippen molar-refractivity contribution in [2.75, 3.05) is 39.6 Å². The van der Waals surface area contributed by atoms with E-state index < -0.39 is 97.5 Å². The van der Waals surface area contributed by atoms with E-state index >= 15 is 0 Å². The first kappa shape index (κ1) is 85.5. The van der Waals surface area contributed by atoms with Crippen LogP contribution in [0.2, 0.25) is 0 Å². The van der Waals surface area contributed by atoms with Crippen LogP contribution < -0.4 is 0 Å². The second-order valence-electron chi connectivity index (χ2n) is 25.4. The van der Waals surface area contributed by atoms with Gasteiger partial charge in [0, 0.05) is 25.7 Å². The van der Waals surface area contributed by atoms with Gasteiger partial charge in [-0.25, -0.2) is 9.13 Å². The normalized spacial score (nSPS) is 14.7. The average molecular weight is 1290 g/mol. The molecule has 0 aliphatic heterocycles. The van der Waals surface area contributed by atoms with Crippen LogP contribution in [-0.2, 0) is 65.4 Å². The number of aliphatic hydroxyl groups is 1. The standard InChI is InChI=1S/C69H130O17P2/c1-8-10-11-12-13-14-15-16-17-18-21-25-28-38-45-52-68(73)85-64(56-79-66(71)50-43-36-27-24-22-19-20-23-26-33-40-47-60(3)4)58-83-87(75,76)81-54-63(70)55-82-88(77,78)84-59-65(86-69(74)53-46-39-31-29-34-41-48-61(5)6)57-80-67(72)51-44-37-32-30-35-42-49-62(7)9-2/h14-17,60-65,70H,8-13,18-59H2,1-7H3,(H,75,76)(H,77,78)/b15-14-,17-16-/t62?,63-,64-,65-/m1/s1. The maximum absolute atomic E-state index is 13.0. The Bertz CT molecular complexity index is 1830. The smallest absolute Gasteiger partial charge is 0.462 e. The number of phosphoric ester groups is 2. The van der Waals surface area contributed by atoms with Crippen LogP contribution in [0.5, 0.6) is 0 Å². The Kier molecular flexibility index (Phi) is 57.9. The fraction of sp³-hybridized carbons (Fsp3) is 0.884. The minimum atomic E-state index is -4.96. The molecule has 3 unspecified atom stereocenters. The molecule has 0 heterocycles. The average Bonchev–Trinajstić information content (AvgIpc) is 3.53. The highest BCUT2D eigenvalue weighted by Crippen LogP contribution is 2.45. The SMILES string of the molecule is CCCCCC/C=C\C=C/CCCCCCCC(=O)O[C@H](COC(=O)CCCCCCCCCCCCCC(C)C)COP(=O)(O)OC[C@@H](O)COP(=O)(O)OC[C@@H](COC(=O)CCCCCCCCC(C)CC)OC(=O)CCCCCCCCC(C)C. The summed E-state index contributed by atoms with van der Waals surface area (Å²) >= 11 is 0. The molecule has 0 aliphatic carbocycles. The van der Waals surface area contributed by atoms with Crippen molar-refractivity contribution in [1.82, 2.24) is 0 Å². The molecule has 0 aromatic heterocycles. The summed E-state index contributed by atoms with van der Waals surface area (Å²) in [5.41, 5.74) is 0. The molecule has 88 heavy (non-hydrogen) atoms. The van der Waals surface area contributed by atoms with Crippen LogP contribution >= 0.6 is 15.6 Å². The van der Waals surface area contributed by atoms with E-state index in [2.05, 4.69) is 72.8 Å². The van der Waals surface area contributed by atoms with Gasteiger partial charge in [-0.2, -0.15) is 0 Å². The predicted molar refractivity (Wildman–Crippen MR) is 354 cm³/mol. The number of aliphatic hydroxyl groups excluding tert-OH is 1. The van der Waals surface area contributed by atoms with Gasteiger partial charge in [0.2, 0.25) is 0 Å². The number of allylic oxidation sites excluding steroid dienone is 4. The molecule has 19 heteroatoms. The van der Waals surface area contributed by atoms with Crippen molar-refractivity contribution in [2.45, 2.75) is 336 Å². The van der Waals surface area contributed by atoms with E-state index in [9.17, 15) is 43.2 Å². The predicted octanol–water partition coefficient (Wildman–Crippen LogP) is 19.0. The third kappa shape index (κ3) is 61.1. The van der Waals surface area contributed by atoms with Crippen molar-refractivity contribution in [1.29, 1.82) is 0 Å². The molecule has 6 atom stereocenters. The van der Waals surface area contributed by atoms with Crippen LogP contribution in [0, 0.1) is 17.8 Å². The molecule has 3 N–H and O–H groups in total.